The van der Waals surface area contributed by atoms with Crippen molar-refractivity contribution in [2.45, 2.75) is 33.1 Å². The summed E-state index contributed by atoms with van der Waals surface area (Å²) in [6.45, 7) is 4.05. The summed E-state index contributed by atoms with van der Waals surface area (Å²) in [5, 5.41) is 2.90. The zero-order valence-corrected chi connectivity index (χ0v) is 10.6. The first-order chi connectivity index (χ1) is 7.61. The number of alkyl halides is 1. The lowest BCUT2D eigenvalue weighted by atomic mass is 10.1. The molecule has 0 aliphatic carbocycles. The number of carbonyl (C=O) groups excluding carboxylic acids is 1. The van der Waals surface area contributed by atoms with Crippen molar-refractivity contribution in [2.24, 2.45) is 0 Å². The number of rotatable bonds is 5. The van der Waals surface area contributed by atoms with Crippen LogP contribution in [0.25, 0.3) is 0 Å². The Hall–Kier alpha value is -1.02. The van der Waals surface area contributed by atoms with E-state index >= 15 is 0 Å². The molecule has 88 valence electrons. The molecule has 3 heteroatoms. The monoisotopic (exact) mass is 239 g/mol. The van der Waals surface area contributed by atoms with Crippen LogP contribution in [-0.2, 0) is 4.79 Å². The zero-order chi connectivity index (χ0) is 12.0. The van der Waals surface area contributed by atoms with Crippen molar-refractivity contribution < 1.29 is 4.79 Å². The zero-order valence-electron chi connectivity index (χ0n) is 9.85. The second-order valence-electron chi connectivity index (χ2n) is 4.07. The maximum Gasteiger partial charge on any atom is 0.224 e. The number of halogens is 1. The molecule has 0 aliphatic rings. The van der Waals surface area contributed by atoms with Crippen molar-refractivity contribution in [1.29, 1.82) is 0 Å². The molecule has 0 aliphatic heterocycles. The van der Waals surface area contributed by atoms with Crippen LogP contribution in [0, 0.1) is 13.8 Å². The Labute approximate surface area is 102 Å². The van der Waals surface area contributed by atoms with E-state index in [4.69, 9.17) is 11.6 Å². The Morgan fingerprint density at radius 1 is 1.19 bits per heavy atom. The second kappa shape index (κ2) is 6.54. The van der Waals surface area contributed by atoms with Crippen LogP contribution in [0.5, 0.6) is 0 Å². The molecular formula is C13H18ClNO. The molecule has 0 atom stereocenters. The van der Waals surface area contributed by atoms with Gasteiger partial charge in [-0.25, -0.2) is 0 Å². The number of anilines is 1. The highest BCUT2D eigenvalue weighted by Gasteiger charge is 2.02. The van der Waals surface area contributed by atoms with Gasteiger partial charge in [0.1, 0.15) is 0 Å². The summed E-state index contributed by atoms with van der Waals surface area (Å²) >= 11 is 5.56. The lowest BCUT2D eigenvalue weighted by Gasteiger charge is -2.07. The second-order valence-corrected chi connectivity index (χ2v) is 4.45. The van der Waals surface area contributed by atoms with E-state index in [0.717, 1.165) is 29.7 Å². The molecule has 0 bridgehead atoms. The Kier molecular flexibility index (Phi) is 5.33. The van der Waals surface area contributed by atoms with E-state index in [1.165, 1.54) is 0 Å². The third kappa shape index (κ3) is 4.67. The van der Waals surface area contributed by atoms with Gasteiger partial charge in [-0.2, -0.15) is 0 Å². The third-order valence-electron chi connectivity index (χ3n) is 2.29. The molecule has 2 nitrogen and oxygen atoms in total. The van der Waals surface area contributed by atoms with Gasteiger partial charge in [-0.15, -0.1) is 11.6 Å². The summed E-state index contributed by atoms with van der Waals surface area (Å²) in [5.74, 6) is 0.687. The Morgan fingerprint density at radius 3 is 2.38 bits per heavy atom. The van der Waals surface area contributed by atoms with Gasteiger partial charge in [0, 0.05) is 18.0 Å². The van der Waals surface area contributed by atoms with Gasteiger partial charge in [0.25, 0.3) is 0 Å². The number of benzene rings is 1. The molecule has 0 saturated heterocycles. The van der Waals surface area contributed by atoms with E-state index in [9.17, 15) is 4.79 Å². The summed E-state index contributed by atoms with van der Waals surface area (Å²) in [5.41, 5.74) is 3.21. The van der Waals surface area contributed by atoms with E-state index in [-0.39, 0.29) is 5.91 Å². The van der Waals surface area contributed by atoms with Gasteiger partial charge in [0.15, 0.2) is 0 Å². The smallest absolute Gasteiger partial charge is 0.224 e. The molecule has 0 spiro atoms. The highest BCUT2D eigenvalue weighted by molar-refractivity contribution is 6.17. The van der Waals surface area contributed by atoms with E-state index in [1.54, 1.807) is 0 Å². The Bertz CT molecular complexity index is 343. The SMILES string of the molecule is Cc1cc(C)cc(NC(=O)CCCCCl)c1. The highest BCUT2D eigenvalue weighted by atomic mass is 35.5. The highest BCUT2D eigenvalue weighted by Crippen LogP contribution is 2.14. The summed E-state index contributed by atoms with van der Waals surface area (Å²) < 4.78 is 0. The van der Waals surface area contributed by atoms with Crippen molar-refractivity contribution in [3.8, 4) is 0 Å². The lowest BCUT2D eigenvalue weighted by molar-refractivity contribution is -0.116. The van der Waals surface area contributed by atoms with E-state index in [1.807, 2.05) is 26.0 Å². The Morgan fingerprint density at radius 2 is 1.81 bits per heavy atom. The molecule has 1 rings (SSSR count). The van der Waals surface area contributed by atoms with E-state index in [2.05, 4.69) is 11.4 Å². The summed E-state index contributed by atoms with van der Waals surface area (Å²) in [6.07, 6.45) is 2.28. The van der Waals surface area contributed by atoms with E-state index in [0.29, 0.717) is 12.3 Å². The van der Waals surface area contributed by atoms with Gasteiger partial charge in [0.2, 0.25) is 5.91 Å². The van der Waals surface area contributed by atoms with Gasteiger partial charge < -0.3 is 5.32 Å². The summed E-state index contributed by atoms with van der Waals surface area (Å²) in [6, 6.07) is 6.04. The predicted molar refractivity (Wildman–Crippen MR) is 69.1 cm³/mol. The van der Waals surface area contributed by atoms with Crippen molar-refractivity contribution in [1.82, 2.24) is 0 Å². The molecule has 0 saturated carbocycles. The molecule has 16 heavy (non-hydrogen) atoms. The molecule has 0 aromatic heterocycles. The largest absolute Gasteiger partial charge is 0.326 e. The maximum atomic E-state index is 11.6. The van der Waals surface area contributed by atoms with Crippen LogP contribution in [-0.4, -0.2) is 11.8 Å². The molecule has 0 heterocycles. The van der Waals surface area contributed by atoms with Crippen molar-refractivity contribution >= 4 is 23.2 Å². The van der Waals surface area contributed by atoms with E-state index < -0.39 is 0 Å². The molecule has 0 fully saturated rings. The molecule has 1 amide bonds. The van der Waals surface area contributed by atoms with Crippen molar-refractivity contribution in [2.75, 3.05) is 11.2 Å². The average molecular weight is 240 g/mol. The average Bonchev–Trinajstić information content (AvgIpc) is 2.16. The lowest BCUT2D eigenvalue weighted by Crippen LogP contribution is -2.11. The minimum Gasteiger partial charge on any atom is -0.326 e. The minimum absolute atomic E-state index is 0.0649. The van der Waals surface area contributed by atoms with Crippen LogP contribution in [0.1, 0.15) is 30.4 Å². The number of nitrogens with one attached hydrogen (secondary N) is 1. The topological polar surface area (TPSA) is 29.1 Å². The molecule has 0 radical (unpaired) electrons. The van der Waals surface area contributed by atoms with Crippen LogP contribution in [0.15, 0.2) is 18.2 Å². The minimum atomic E-state index is 0.0649. The number of carbonyl (C=O) groups is 1. The van der Waals surface area contributed by atoms with Crippen molar-refractivity contribution in [3.05, 3.63) is 29.3 Å². The van der Waals surface area contributed by atoms with Crippen LogP contribution >= 0.6 is 11.6 Å². The normalized spacial score (nSPS) is 10.2. The van der Waals surface area contributed by atoms with Crippen LogP contribution in [0.2, 0.25) is 0 Å². The maximum absolute atomic E-state index is 11.6. The van der Waals surface area contributed by atoms with Gasteiger partial charge in [-0.05, 0) is 49.9 Å². The van der Waals surface area contributed by atoms with Gasteiger partial charge in [-0.1, -0.05) is 6.07 Å². The van der Waals surface area contributed by atoms with Gasteiger partial charge in [0.05, 0.1) is 0 Å². The standard InChI is InChI=1S/C13H18ClNO/c1-10-7-11(2)9-12(8-10)15-13(16)5-3-4-6-14/h7-9H,3-6H2,1-2H3,(H,15,16). The number of hydrogen-bond acceptors (Lipinski definition) is 1. The van der Waals surface area contributed by atoms with Gasteiger partial charge in [-0.3, -0.25) is 4.79 Å². The van der Waals surface area contributed by atoms with Crippen LogP contribution in [0.3, 0.4) is 0 Å². The molecular weight excluding hydrogens is 222 g/mol. The quantitative estimate of drug-likeness (QED) is 0.617. The summed E-state index contributed by atoms with van der Waals surface area (Å²) in [4.78, 5) is 11.6. The van der Waals surface area contributed by atoms with Crippen LogP contribution < -0.4 is 5.32 Å². The van der Waals surface area contributed by atoms with Crippen LogP contribution in [0.4, 0.5) is 5.69 Å². The molecule has 1 aromatic carbocycles. The fraction of sp³-hybridized carbons (Fsp3) is 0.462. The molecule has 1 aromatic rings. The first kappa shape index (κ1) is 13.0. The fourth-order valence-electron chi connectivity index (χ4n) is 1.65. The number of unbranched alkanes of at least 4 members (excludes halogenated alkanes) is 1. The number of aryl methyl sites for hydroxylation is 2. The number of amides is 1. The van der Waals surface area contributed by atoms with Gasteiger partial charge >= 0.3 is 0 Å². The van der Waals surface area contributed by atoms with Crippen molar-refractivity contribution in [3.63, 3.8) is 0 Å². The summed E-state index contributed by atoms with van der Waals surface area (Å²) in [7, 11) is 0. The Balaban J connectivity index is 2.49. The predicted octanol–water partition coefficient (Wildman–Crippen LogP) is 3.65. The molecule has 0 unspecified atom stereocenters. The third-order valence-corrected chi connectivity index (χ3v) is 2.56. The molecule has 1 N–H and O–H groups in total. The first-order valence-electron chi connectivity index (χ1n) is 5.56. The fourth-order valence-corrected chi connectivity index (χ4v) is 1.84. The first-order valence-corrected chi connectivity index (χ1v) is 6.09. The number of hydrogen-bond donors (Lipinski definition) is 1.